The molecule has 1 amide bonds. The van der Waals surface area contributed by atoms with E-state index in [1.165, 1.54) is 25.5 Å². The molecule has 0 aliphatic rings. The van der Waals surface area contributed by atoms with Crippen molar-refractivity contribution in [3.8, 4) is 17.6 Å². The fraction of sp³-hybridized carbons (Fsp3) is 0.211. The number of nitrogens with zero attached hydrogens (tertiary/aromatic N) is 2. The van der Waals surface area contributed by atoms with E-state index in [-0.39, 0.29) is 17.2 Å². The zero-order valence-electron chi connectivity index (χ0n) is 14.6. The van der Waals surface area contributed by atoms with Crippen molar-refractivity contribution in [2.24, 2.45) is 5.10 Å². The Bertz CT molecular complexity index is 873. The highest BCUT2D eigenvalue weighted by Gasteiger charge is 2.11. The summed E-state index contributed by atoms with van der Waals surface area (Å²) >= 11 is 0. The van der Waals surface area contributed by atoms with Gasteiger partial charge in [-0.05, 0) is 55.8 Å². The zero-order valence-corrected chi connectivity index (χ0v) is 14.6. The summed E-state index contributed by atoms with van der Waals surface area (Å²) in [6, 6.07) is 10.6. The molecule has 0 saturated heterocycles. The van der Waals surface area contributed by atoms with Gasteiger partial charge < -0.3 is 9.47 Å². The Labute approximate surface area is 150 Å². The topological polar surface area (TPSA) is 83.7 Å². The molecule has 0 aromatic heterocycles. The number of hydrogen-bond donors (Lipinski definition) is 1. The molecule has 0 bridgehead atoms. The zero-order chi connectivity index (χ0) is 19.1. The molecular weight excluding hydrogens is 337 g/mol. The quantitative estimate of drug-likeness (QED) is 0.637. The van der Waals surface area contributed by atoms with Crippen molar-refractivity contribution in [3.63, 3.8) is 0 Å². The van der Waals surface area contributed by atoms with Gasteiger partial charge in [-0.3, -0.25) is 4.79 Å². The van der Waals surface area contributed by atoms with Crippen LogP contribution >= 0.6 is 0 Å². The number of halogens is 1. The van der Waals surface area contributed by atoms with Crippen LogP contribution < -0.4 is 14.9 Å². The number of nitrogens with one attached hydrogen (secondary N) is 1. The second-order valence-corrected chi connectivity index (χ2v) is 5.58. The molecule has 0 fully saturated rings. The van der Waals surface area contributed by atoms with Gasteiger partial charge in [0.25, 0.3) is 5.91 Å². The number of carbonyl (C=O) groups excluding carboxylic acids is 1. The third kappa shape index (κ3) is 4.80. The third-order valence-electron chi connectivity index (χ3n) is 3.27. The van der Waals surface area contributed by atoms with Crippen LogP contribution in [0.15, 0.2) is 41.5 Å². The molecule has 2 aromatic rings. The number of amides is 1. The summed E-state index contributed by atoms with van der Waals surface area (Å²) in [6.07, 6.45) is 1.41. The minimum atomic E-state index is -0.784. The van der Waals surface area contributed by atoms with Gasteiger partial charge in [0.05, 0.1) is 36.6 Å². The first-order chi connectivity index (χ1) is 12.4. The Morgan fingerprint density at radius 2 is 2.04 bits per heavy atom. The average molecular weight is 355 g/mol. The third-order valence-corrected chi connectivity index (χ3v) is 3.27. The van der Waals surface area contributed by atoms with Crippen molar-refractivity contribution >= 4 is 12.1 Å². The molecule has 0 radical (unpaired) electrons. The lowest BCUT2D eigenvalue weighted by Gasteiger charge is -2.13. The van der Waals surface area contributed by atoms with Gasteiger partial charge in [-0.15, -0.1) is 0 Å². The lowest BCUT2D eigenvalue weighted by atomic mass is 10.1. The van der Waals surface area contributed by atoms with Crippen molar-refractivity contribution in [1.29, 1.82) is 5.26 Å². The summed E-state index contributed by atoms with van der Waals surface area (Å²) in [6.45, 7) is 3.82. The minimum absolute atomic E-state index is 0.00465. The summed E-state index contributed by atoms with van der Waals surface area (Å²) in [7, 11) is 1.53. The van der Waals surface area contributed by atoms with E-state index in [1.807, 2.05) is 13.8 Å². The highest BCUT2D eigenvalue weighted by Crippen LogP contribution is 2.28. The largest absolute Gasteiger partial charge is 0.493 e. The van der Waals surface area contributed by atoms with Crippen molar-refractivity contribution in [1.82, 2.24) is 5.43 Å². The van der Waals surface area contributed by atoms with Crippen LogP contribution in [0.1, 0.15) is 35.3 Å². The maximum atomic E-state index is 13.8. The minimum Gasteiger partial charge on any atom is -0.493 e. The maximum Gasteiger partial charge on any atom is 0.274 e. The second-order valence-electron chi connectivity index (χ2n) is 5.58. The van der Waals surface area contributed by atoms with Crippen LogP contribution in [0.3, 0.4) is 0 Å². The van der Waals surface area contributed by atoms with Crippen molar-refractivity contribution in [2.45, 2.75) is 20.0 Å². The van der Waals surface area contributed by atoms with Crippen molar-refractivity contribution in [3.05, 3.63) is 58.9 Å². The van der Waals surface area contributed by atoms with E-state index in [9.17, 15) is 9.18 Å². The van der Waals surface area contributed by atoms with Crippen LogP contribution in [-0.4, -0.2) is 25.3 Å². The van der Waals surface area contributed by atoms with Crippen LogP contribution in [0.4, 0.5) is 4.39 Å². The number of methoxy groups -OCH3 is 1. The molecule has 0 aliphatic carbocycles. The molecule has 0 saturated carbocycles. The van der Waals surface area contributed by atoms with Gasteiger partial charge in [0.15, 0.2) is 11.5 Å². The summed E-state index contributed by atoms with van der Waals surface area (Å²) in [5, 5.41) is 12.5. The van der Waals surface area contributed by atoms with Crippen molar-refractivity contribution in [2.75, 3.05) is 7.11 Å². The van der Waals surface area contributed by atoms with E-state index in [0.717, 1.165) is 6.07 Å². The predicted molar refractivity (Wildman–Crippen MR) is 94.9 cm³/mol. The van der Waals surface area contributed by atoms with E-state index in [0.29, 0.717) is 17.1 Å². The first kappa shape index (κ1) is 18.9. The molecule has 0 heterocycles. The first-order valence-electron chi connectivity index (χ1n) is 7.82. The lowest BCUT2D eigenvalue weighted by Crippen LogP contribution is -2.19. The number of rotatable bonds is 6. The summed E-state index contributed by atoms with van der Waals surface area (Å²) in [5.74, 6) is -0.362. The van der Waals surface area contributed by atoms with Crippen LogP contribution in [-0.2, 0) is 0 Å². The van der Waals surface area contributed by atoms with E-state index in [2.05, 4.69) is 10.5 Å². The number of nitriles is 1. The molecule has 0 spiro atoms. The van der Waals surface area contributed by atoms with Crippen molar-refractivity contribution < 1.29 is 18.7 Å². The van der Waals surface area contributed by atoms with Crippen LogP contribution in [0.2, 0.25) is 0 Å². The van der Waals surface area contributed by atoms with E-state index >= 15 is 0 Å². The average Bonchev–Trinajstić information content (AvgIpc) is 2.62. The highest BCUT2D eigenvalue weighted by molar-refractivity contribution is 5.95. The van der Waals surface area contributed by atoms with Crippen LogP contribution in [0, 0.1) is 17.1 Å². The van der Waals surface area contributed by atoms with E-state index < -0.39 is 11.7 Å². The Balaban J connectivity index is 2.08. The summed E-state index contributed by atoms with van der Waals surface area (Å²) in [4.78, 5) is 12.0. The lowest BCUT2D eigenvalue weighted by molar-refractivity contribution is 0.0951. The fourth-order valence-electron chi connectivity index (χ4n) is 2.11. The molecule has 6 nitrogen and oxygen atoms in total. The molecule has 0 atom stereocenters. The smallest absolute Gasteiger partial charge is 0.274 e. The number of hydrazone groups is 1. The predicted octanol–water partition coefficient (Wildman–Crippen LogP) is 3.26. The van der Waals surface area contributed by atoms with E-state index in [4.69, 9.17) is 14.7 Å². The number of ether oxygens (including phenoxy) is 2. The van der Waals surface area contributed by atoms with Gasteiger partial charge in [-0.1, -0.05) is 0 Å². The molecular formula is C19H18FN3O3. The number of carbonyl (C=O) groups is 1. The molecule has 26 heavy (non-hydrogen) atoms. The summed E-state index contributed by atoms with van der Waals surface area (Å²) < 4.78 is 24.7. The second kappa shape index (κ2) is 8.62. The molecule has 0 unspecified atom stereocenters. The monoisotopic (exact) mass is 355 g/mol. The standard InChI is InChI=1S/C19H18FN3O3/c1-12(2)26-17-7-5-14(9-18(17)25-3)11-22-23-19(24)15-6-4-13(10-21)8-16(15)20/h4-9,11-12H,1-3H3,(H,23,24)/b22-11-. The molecule has 2 rings (SSSR count). The Morgan fingerprint density at radius 3 is 2.65 bits per heavy atom. The van der Waals surface area contributed by atoms with Gasteiger partial charge in [0, 0.05) is 0 Å². The normalized spacial score (nSPS) is 10.6. The number of hydrogen-bond acceptors (Lipinski definition) is 5. The molecule has 2 aromatic carbocycles. The van der Waals surface area contributed by atoms with Crippen LogP contribution in [0.5, 0.6) is 11.5 Å². The molecule has 134 valence electrons. The SMILES string of the molecule is COc1cc(/C=N\NC(=O)c2ccc(C#N)cc2F)ccc1OC(C)C. The maximum absolute atomic E-state index is 13.8. The van der Waals surface area contributed by atoms with Gasteiger partial charge >= 0.3 is 0 Å². The first-order valence-corrected chi connectivity index (χ1v) is 7.82. The highest BCUT2D eigenvalue weighted by atomic mass is 19.1. The Kier molecular flexibility index (Phi) is 6.28. The summed E-state index contributed by atoms with van der Waals surface area (Å²) in [5.41, 5.74) is 2.85. The Hall–Kier alpha value is -3.40. The molecule has 7 heteroatoms. The molecule has 0 aliphatic heterocycles. The molecule has 1 N–H and O–H groups in total. The van der Waals surface area contributed by atoms with Gasteiger partial charge in [0.1, 0.15) is 5.82 Å². The van der Waals surface area contributed by atoms with E-state index in [1.54, 1.807) is 24.3 Å². The Morgan fingerprint density at radius 1 is 1.27 bits per heavy atom. The van der Waals surface area contributed by atoms with Gasteiger partial charge in [-0.25, -0.2) is 9.82 Å². The van der Waals surface area contributed by atoms with Crippen LogP contribution in [0.25, 0.3) is 0 Å². The fourth-order valence-corrected chi connectivity index (χ4v) is 2.11. The number of benzene rings is 2. The van der Waals surface area contributed by atoms with Gasteiger partial charge in [0.2, 0.25) is 0 Å². The van der Waals surface area contributed by atoms with Gasteiger partial charge in [-0.2, -0.15) is 10.4 Å².